The third kappa shape index (κ3) is 3.73. The van der Waals surface area contributed by atoms with Gasteiger partial charge in [0.2, 0.25) is 0 Å². The fourth-order valence-corrected chi connectivity index (χ4v) is 4.18. The van der Waals surface area contributed by atoms with E-state index in [9.17, 15) is 26.3 Å². The van der Waals surface area contributed by atoms with Crippen LogP contribution < -0.4 is 0 Å². The Bertz CT molecular complexity index is 1350. The Balaban J connectivity index is 1.86. The molecular formula is C26H15F6N. The van der Waals surface area contributed by atoms with Crippen molar-refractivity contribution in [3.05, 3.63) is 96.1 Å². The number of benzene rings is 4. The van der Waals surface area contributed by atoms with Crippen LogP contribution in [-0.4, -0.2) is 4.98 Å². The molecule has 5 aromatic rings. The number of aromatic amines is 1. The highest BCUT2D eigenvalue weighted by Crippen LogP contribution is 2.44. The smallest absolute Gasteiger partial charge is 0.354 e. The van der Waals surface area contributed by atoms with Crippen molar-refractivity contribution in [2.24, 2.45) is 0 Å². The van der Waals surface area contributed by atoms with Gasteiger partial charge in [-0.2, -0.15) is 26.3 Å². The molecule has 0 radical (unpaired) electrons. The van der Waals surface area contributed by atoms with E-state index in [2.05, 4.69) is 4.98 Å². The summed E-state index contributed by atoms with van der Waals surface area (Å²) in [6.07, 6.45) is -9.27. The highest BCUT2D eigenvalue weighted by atomic mass is 19.4. The van der Waals surface area contributed by atoms with Crippen LogP contribution in [0.3, 0.4) is 0 Å². The molecule has 0 aliphatic rings. The number of hydrogen-bond donors (Lipinski definition) is 1. The molecule has 33 heavy (non-hydrogen) atoms. The lowest BCUT2D eigenvalue weighted by Crippen LogP contribution is -2.07. The Morgan fingerprint density at radius 1 is 0.485 bits per heavy atom. The molecule has 0 atom stereocenters. The average molecular weight is 455 g/mol. The molecule has 0 aliphatic heterocycles. The zero-order chi connectivity index (χ0) is 23.4. The molecule has 1 N–H and O–H groups in total. The molecule has 0 aliphatic carbocycles. The molecule has 166 valence electrons. The molecule has 0 amide bonds. The Morgan fingerprint density at radius 2 is 0.848 bits per heavy atom. The van der Waals surface area contributed by atoms with Gasteiger partial charge in [0.25, 0.3) is 0 Å². The zero-order valence-corrected chi connectivity index (χ0v) is 16.9. The van der Waals surface area contributed by atoms with Gasteiger partial charge in [0.1, 0.15) is 0 Å². The van der Waals surface area contributed by atoms with Crippen molar-refractivity contribution in [2.75, 3.05) is 0 Å². The topological polar surface area (TPSA) is 15.8 Å². The van der Waals surface area contributed by atoms with Gasteiger partial charge in [-0.05, 0) is 46.5 Å². The Hall–Kier alpha value is -3.74. The van der Waals surface area contributed by atoms with E-state index in [0.717, 1.165) is 12.1 Å². The van der Waals surface area contributed by atoms with Crippen LogP contribution in [-0.2, 0) is 12.4 Å². The zero-order valence-electron chi connectivity index (χ0n) is 16.9. The maximum Gasteiger partial charge on any atom is 0.417 e. The summed E-state index contributed by atoms with van der Waals surface area (Å²) < 4.78 is 83.2. The van der Waals surface area contributed by atoms with Crippen molar-refractivity contribution in [1.82, 2.24) is 4.98 Å². The molecule has 7 heteroatoms. The summed E-state index contributed by atoms with van der Waals surface area (Å²) in [5.41, 5.74) is -0.785. The SMILES string of the molecule is FC(F)(F)c1cc2[nH]c3cc(C(F)(F)F)c(-c4ccccc4)cc3c2cc1-c1ccccc1. The van der Waals surface area contributed by atoms with E-state index in [4.69, 9.17) is 0 Å². The van der Waals surface area contributed by atoms with Crippen molar-refractivity contribution >= 4 is 21.8 Å². The normalized spacial score (nSPS) is 12.5. The molecule has 0 bridgehead atoms. The predicted octanol–water partition coefficient (Wildman–Crippen LogP) is 8.69. The molecular weight excluding hydrogens is 440 g/mol. The summed E-state index contributed by atoms with van der Waals surface area (Å²) in [6, 6.07) is 21.0. The van der Waals surface area contributed by atoms with E-state index in [-0.39, 0.29) is 22.2 Å². The van der Waals surface area contributed by atoms with Crippen LogP contribution in [0, 0.1) is 0 Å². The van der Waals surface area contributed by atoms with Crippen molar-refractivity contribution < 1.29 is 26.3 Å². The van der Waals surface area contributed by atoms with Gasteiger partial charge in [0.15, 0.2) is 0 Å². The lowest BCUT2D eigenvalue weighted by Gasteiger charge is -2.14. The summed E-state index contributed by atoms with van der Waals surface area (Å²) in [6.45, 7) is 0. The van der Waals surface area contributed by atoms with Gasteiger partial charge < -0.3 is 4.98 Å². The largest absolute Gasteiger partial charge is 0.417 e. The van der Waals surface area contributed by atoms with Gasteiger partial charge in [-0.1, -0.05) is 60.7 Å². The van der Waals surface area contributed by atoms with E-state index in [1.807, 2.05) is 0 Å². The van der Waals surface area contributed by atoms with Crippen molar-refractivity contribution in [3.63, 3.8) is 0 Å². The molecule has 0 spiro atoms. The Labute approximate surface area is 184 Å². The van der Waals surface area contributed by atoms with E-state index in [1.54, 1.807) is 60.7 Å². The third-order valence-corrected chi connectivity index (χ3v) is 5.66. The van der Waals surface area contributed by atoms with Crippen LogP contribution in [0.1, 0.15) is 11.1 Å². The van der Waals surface area contributed by atoms with Gasteiger partial charge in [0, 0.05) is 21.8 Å². The van der Waals surface area contributed by atoms with Crippen LogP contribution >= 0.6 is 0 Å². The Kier molecular flexibility index (Phi) is 4.74. The molecule has 5 rings (SSSR count). The minimum Gasteiger partial charge on any atom is -0.354 e. The fourth-order valence-electron chi connectivity index (χ4n) is 4.18. The second-order valence-corrected chi connectivity index (χ2v) is 7.74. The number of aromatic nitrogens is 1. The van der Waals surface area contributed by atoms with Gasteiger partial charge in [-0.15, -0.1) is 0 Å². The van der Waals surface area contributed by atoms with Gasteiger partial charge in [-0.25, -0.2) is 0 Å². The lowest BCUT2D eigenvalue weighted by molar-refractivity contribution is -0.137. The van der Waals surface area contributed by atoms with Crippen LogP contribution in [0.5, 0.6) is 0 Å². The van der Waals surface area contributed by atoms with Gasteiger partial charge in [0.05, 0.1) is 11.1 Å². The number of rotatable bonds is 2. The molecule has 1 nitrogen and oxygen atoms in total. The highest BCUT2D eigenvalue weighted by molar-refractivity contribution is 6.10. The predicted molar refractivity (Wildman–Crippen MR) is 117 cm³/mol. The summed E-state index contributed by atoms with van der Waals surface area (Å²) in [5, 5.41) is 0.838. The van der Waals surface area contributed by atoms with E-state index < -0.39 is 23.5 Å². The Morgan fingerprint density at radius 3 is 1.18 bits per heavy atom. The van der Waals surface area contributed by atoms with Gasteiger partial charge >= 0.3 is 12.4 Å². The van der Waals surface area contributed by atoms with E-state index >= 15 is 0 Å². The fraction of sp³-hybridized carbons (Fsp3) is 0.0769. The standard InChI is InChI=1S/C26H15F6N/c27-25(28,29)21-13-23-19(11-17(21)15-7-3-1-4-8-15)20-12-18(16-9-5-2-6-10-16)22(26(30,31)32)14-24(20)33-23/h1-14,33H. The molecule has 1 heterocycles. The number of H-pyrrole nitrogens is 1. The minimum absolute atomic E-state index is 0.0299. The summed E-state index contributed by atoms with van der Waals surface area (Å²) in [5.74, 6) is 0. The number of fused-ring (bicyclic) bond motifs is 3. The summed E-state index contributed by atoms with van der Waals surface area (Å²) in [4.78, 5) is 2.76. The second kappa shape index (κ2) is 7.40. The number of alkyl halides is 6. The minimum atomic E-state index is -4.64. The van der Waals surface area contributed by atoms with E-state index in [1.165, 1.54) is 12.1 Å². The van der Waals surface area contributed by atoms with Crippen LogP contribution in [0.2, 0.25) is 0 Å². The maximum atomic E-state index is 13.9. The number of halogens is 6. The summed E-state index contributed by atoms with van der Waals surface area (Å²) >= 11 is 0. The number of hydrogen-bond acceptors (Lipinski definition) is 0. The van der Waals surface area contributed by atoms with Crippen molar-refractivity contribution in [2.45, 2.75) is 12.4 Å². The van der Waals surface area contributed by atoms with Crippen molar-refractivity contribution in [3.8, 4) is 22.3 Å². The molecule has 0 saturated heterocycles. The highest BCUT2D eigenvalue weighted by Gasteiger charge is 2.36. The quantitative estimate of drug-likeness (QED) is 0.256. The first kappa shape index (κ1) is 21.1. The first-order valence-corrected chi connectivity index (χ1v) is 10.0. The van der Waals surface area contributed by atoms with E-state index in [0.29, 0.717) is 21.9 Å². The summed E-state index contributed by atoms with van der Waals surface area (Å²) in [7, 11) is 0. The molecule has 0 fully saturated rings. The first-order chi connectivity index (χ1) is 15.6. The first-order valence-electron chi connectivity index (χ1n) is 10.0. The second-order valence-electron chi connectivity index (χ2n) is 7.74. The average Bonchev–Trinajstić information content (AvgIpc) is 3.14. The monoisotopic (exact) mass is 455 g/mol. The molecule has 0 saturated carbocycles. The number of nitrogens with one attached hydrogen (secondary N) is 1. The van der Waals surface area contributed by atoms with Crippen LogP contribution in [0.4, 0.5) is 26.3 Å². The van der Waals surface area contributed by atoms with Gasteiger partial charge in [-0.3, -0.25) is 0 Å². The maximum absolute atomic E-state index is 13.9. The van der Waals surface area contributed by atoms with Crippen molar-refractivity contribution in [1.29, 1.82) is 0 Å². The van der Waals surface area contributed by atoms with Crippen LogP contribution in [0.15, 0.2) is 84.9 Å². The third-order valence-electron chi connectivity index (χ3n) is 5.66. The molecule has 0 unspecified atom stereocenters. The molecule has 1 aromatic heterocycles. The molecule has 4 aromatic carbocycles. The lowest BCUT2D eigenvalue weighted by atomic mass is 9.94. The van der Waals surface area contributed by atoms with Crippen LogP contribution in [0.25, 0.3) is 44.1 Å².